The normalized spacial score (nSPS) is 16.9. The molecule has 16 heavy (non-hydrogen) atoms. The zero-order chi connectivity index (χ0) is 11.8. The lowest BCUT2D eigenvalue weighted by atomic mass is 10.2. The van der Waals surface area contributed by atoms with Crippen LogP contribution in [0.4, 0.5) is 19.0 Å². The van der Waals surface area contributed by atoms with E-state index in [0.717, 1.165) is 38.2 Å². The molecule has 0 N–H and O–H groups in total. The van der Waals surface area contributed by atoms with Crippen LogP contribution in [0.3, 0.4) is 0 Å². The third-order valence-corrected chi connectivity index (χ3v) is 2.83. The third kappa shape index (κ3) is 2.24. The smallest absolute Gasteiger partial charge is 0.355 e. The lowest BCUT2D eigenvalue weighted by Gasteiger charge is -2.18. The second kappa shape index (κ2) is 4.13. The maximum atomic E-state index is 12.4. The van der Waals surface area contributed by atoms with Crippen molar-refractivity contribution in [2.24, 2.45) is 0 Å². The summed E-state index contributed by atoms with van der Waals surface area (Å²) >= 11 is 5.81. The average Bonchev–Trinajstić information content (AvgIpc) is 2.69. The molecule has 0 unspecified atom stereocenters. The van der Waals surface area contributed by atoms with E-state index in [9.17, 15) is 13.2 Å². The van der Waals surface area contributed by atoms with Gasteiger partial charge < -0.3 is 4.90 Å². The largest absolute Gasteiger partial charge is 0.417 e. The average molecular weight is 251 g/mol. The number of nitrogens with zero attached hydrogens (tertiary/aromatic N) is 2. The monoisotopic (exact) mass is 250 g/mol. The van der Waals surface area contributed by atoms with Crippen LogP contribution in [-0.4, -0.2) is 18.1 Å². The number of aromatic nitrogens is 1. The number of pyridine rings is 1. The van der Waals surface area contributed by atoms with Crippen LogP contribution in [0.25, 0.3) is 0 Å². The summed E-state index contributed by atoms with van der Waals surface area (Å²) in [6.07, 6.45) is -1.50. The Labute approximate surface area is 96.0 Å². The van der Waals surface area contributed by atoms with Gasteiger partial charge in [0.15, 0.2) is 0 Å². The van der Waals surface area contributed by atoms with Gasteiger partial charge in [-0.1, -0.05) is 11.6 Å². The molecule has 88 valence electrons. The van der Waals surface area contributed by atoms with Crippen LogP contribution in [0.15, 0.2) is 12.3 Å². The number of halogens is 4. The van der Waals surface area contributed by atoms with Gasteiger partial charge in [0.1, 0.15) is 5.82 Å². The Kier molecular flexibility index (Phi) is 2.97. The zero-order valence-corrected chi connectivity index (χ0v) is 9.15. The van der Waals surface area contributed by atoms with E-state index >= 15 is 0 Å². The predicted octanol–water partition coefficient (Wildman–Crippen LogP) is 3.35. The SMILES string of the molecule is FC(F)(F)c1cnc(N2CCCC2)c(Cl)c1. The maximum absolute atomic E-state index is 12.4. The fraction of sp³-hybridized carbons (Fsp3) is 0.500. The first-order valence-electron chi connectivity index (χ1n) is 4.96. The highest BCUT2D eigenvalue weighted by Crippen LogP contribution is 2.34. The highest BCUT2D eigenvalue weighted by atomic mass is 35.5. The van der Waals surface area contributed by atoms with Gasteiger partial charge in [0, 0.05) is 19.3 Å². The molecule has 1 fully saturated rings. The van der Waals surface area contributed by atoms with Crippen molar-refractivity contribution in [2.75, 3.05) is 18.0 Å². The molecule has 1 aliphatic rings. The summed E-state index contributed by atoms with van der Waals surface area (Å²) in [6, 6.07) is 0.933. The van der Waals surface area contributed by atoms with Crippen molar-refractivity contribution in [3.05, 3.63) is 22.8 Å². The van der Waals surface area contributed by atoms with Gasteiger partial charge in [-0.2, -0.15) is 13.2 Å². The van der Waals surface area contributed by atoms with E-state index in [0.29, 0.717) is 5.82 Å². The van der Waals surface area contributed by atoms with Crippen LogP contribution in [0.5, 0.6) is 0 Å². The Balaban J connectivity index is 2.29. The molecule has 0 aromatic carbocycles. The summed E-state index contributed by atoms with van der Waals surface area (Å²) in [5.74, 6) is 0.451. The molecular formula is C10H10ClF3N2. The maximum Gasteiger partial charge on any atom is 0.417 e. The third-order valence-electron chi connectivity index (χ3n) is 2.55. The molecule has 2 heterocycles. The highest BCUT2D eigenvalue weighted by Gasteiger charge is 2.32. The van der Waals surface area contributed by atoms with Crippen LogP contribution >= 0.6 is 11.6 Å². The minimum atomic E-state index is -4.39. The van der Waals surface area contributed by atoms with Crippen molar-refractivity contribution in [1.82, 2.24) is 4.98 Å². The molecule has 0 radical (unpaired) electrons. The van der Waals surface area contributed by atoms with E-state index in [1.54, 1.807) is 0 Å². The van der Waals surface area contributed by atoms with Gasteiger partial charge in [0.05, 0.1) is 10.6 Å². The second-order valence-corrected chi connectivity index (χ2v) is 4.13. The first-order chi connectivity index (χ1) is 7.48. The van der Waals surface area contributed by atoms with E-state index < -0.39 is 11.7 Å². The van der Waals surface area contributed by atoms with E-state index in [1.807, 2.05) is 4.90 Å². The van der Waals surface area contributed by atoms with E-state index in [4.69, 9.17) is 11.6 Å². The van der Waals surface area contributed by atoms with Crippen molar-refractivity contribution in [3.63, 3.8) is 0 Å². The lowest BCUT2D eigenvalue weighted by Crippen LogP contribution is -2.20. The van der Waals surface area contributed by atoms with Gasteiger partial charge in [-0.05, 0) is 18.9 Å². The van der Waals surface area contributed by atoms with Gasteiger partial charge in [-0.3, -0.25) is 0 Å². The number of rotatable bonds is 1. The minimum Gasteiger partial charge on any atom is -0.355 e. The molecule has 0 aliphatic carbocycles. The molecular weight excluding hydrogens is 241 g/mol. The first kappa shape index (κ1) is 11.5. The fourth-order valence-electron chi connectivity index (χ4n) is 1.75. The standard InChI is InChI=1S/C10H10ClF3N2/c11-8-5-7(10(12,13)14)6-15-9(8)16-3-1-2-4-16/h5-6H,1-4H2. The topological polar surface area (TPSA) is 16.1 Å². The summed E-state index contributed by atoms with van der Waals surface area (Å²) < 4.78 is 37.1. The molecule has 0 saturated carbocycles. The fourth-order valence-corrected chi connectivity index (χ4v) is 2.03. The van der Waals surface area contributed by atoms with Crippen LogP contribution in [0.1, 0.15) is 18.4 Å². The van der Waals surface area contributed by atoms with E-state index in [2.05, 4.69) is 4.98 Å². The number of alkyl halides is 3. The first-order valence-corrected chi connectivity index (χ1v) is 5.34. The Morgan fingerprint density at radius 3 is 2.38 bits per heavy atom. The van der Waals surface area contributed by atoms with Crippen molar-refractivity contribution in [3.8, 4) is 0 Å². The molecule has 0 atom stereocenters. The summed E-state index contributed by atoms with van der Waals surface area (Å²) in [5.41, 5.74) is -0.805. The van der Waals surface area contributed by atoms with Crippen molar-refractivity contribution in [2.45, 2.75) is 19.0 Å². The molecule has 1 saturated heterocycles. The summed E-state index contributed by atoms with van der Waals surface area (Å²) in [6.45, 7) is 1.61. The molecule has 0 spiro atoms. The molecule has 6 heteroatoms. The zero-order valence-electron chi connectivity index (χ0n) is 8.39. The van der Waals surface area contributed by atoms with E-state index in [-0.39, 0.29) is 5.02 Å². The Morgan fingerprint density at radius 1 is 1.25 bits per heavy atom. The van der Waals surface area contributed by atoms with Crippen LogP contribution in [0, 0.1) is 0 Å². The summed E-state index contributed by atoms with van der Waals surface area (Å²) in [5, 5.41) is 0.0664. The van der Waals surface area contributed by atoms with Crippen LogP contribution in [0.2, 0.25) is 5.02 Å². The molecule has 1 aromatic heterocycles. The van der Waals surface area contributed by atoms with Crippen molar-refractivity contribution in [1.29, 1.82) is 0 Å². The van der Waals surface area contributed by atoms with Gasteiger partial charge in [-0.25, -0.2) is 4.98 Å². The Hall–Kier alpha value is -0.970. The minimum absolute atomic E-state index is 0.0664. The molecule has 2 nitrogen and oxygen atoms in total. The number of anilines is 1. The van der Waals surface area contributed by atoms with E-state index in [1.165, 1.54) is 0 Å². The molecule has 2 rings (SSSR count). The number of hydrogen-bond donors (Lipinski definition) is 0. The van der Waals surface area contributed by atoms with Crippen LogP contribution in [-0.2, 0) is 6.18 Å². The predicted molar refractivity (Wildman–Crippen MR) is 55.7 cm³/mol. The summed E-state index contributed by atoms with van der Waals surface area (Å²) in [7, 11) is 0. The highest BCUT2D eigenvalue weighted by molar-refractivity contribution is 6.33. The van der Waals surface area contributed by atoms with Crippen molar-refractivity contribution < 1.29 is 13.2 Å². The second-order valence-electron chi connectivity index (χ2n) is 3.72. The van der Waals surface area contributed by atoms with Crippen LogP contribution < -0.4 is 4.90 Å². The molecule has 1 aliphatic heterocycles. The Morgan fingerprint density at radius 2 is 1.88 bits per heavy atom. The van der Waals surface area contributed by atoms with Gasteiger partial charge in [0.2, 0.25) is 0 Å². The van der Waals surface area contributed by atoms with Crippen molar-refractivity contribution >= 4 is 17.4 Å². The molecule has 0 bridgehead atoms. The molecule has 1 aromatic rings. The van der Waals surface area contributed by atoms with Gasteiger partial charge in [-0.15, -0.1) is 0 Å². The van der Waals surface area contributed by atoms with Gasteiger partial charge in [0.25, 0.3) is 0 Å². The van der Waals surface area contributed by atoms with Gasteiger partial charge >= 0.3 is 6.18 Å². The lowest BCUT2D eigenvalue weighted by molar-refractivity contribution is -0.137. The summed E-state index contributed by atoms with van der Waals surface area (Å²) in [4.78, 5) is 5.71. The molecule has 0 amide bonds. The quantitative estimate of drug-likeness (QED) is 0.760. The number of hydrogen-bond acceptors (Lipinski definition) is 2. The Bertz CT molecular complexity index is 386.